The molecule has 0 bridgehead atoms. The number of nitrogens with one attached hydrogen (secondary N) is 1. The maximum absolute atomic E-state index is 13.6. The van der Waals surface area contributed by atoms with Crippen molar-refractivity contribution in [2.24, 2.45) is 0 Å². The van der Waals surface area contributed by atoms with Crippen LogP contribution in [0.2, 0.25) is 0 Å². The summed E-state index contributed by atoms with van der Waals surface area (Å²) >= 11 is 1.53. The maximum Gasteiger partial charge on any atom is 1.00 e. The van der Waals surface area contributed by atoms with Crippen LogP contribution in [-0.4, -0.2) is 59.2 Å². The van der Waals surface area contributed by atoms with Gasteiger partial charge in [0.05, 0.1) is 12.3 Å². The third kappa shape index (κ3) is 4.13. The molecule has 0 radical (unpaired) electrons. The SMILES string of the molecule is O=c1c2nc(SC3CCCCC3)n([C@@H]3OC4COP(=O)([O-])O[C@H]4C3O)c2nc2[nH]c(-c3ccccc3)cn12.[H+]. The van der Waals surface area contributed by atoms with Gasteiger partial charge in [-0.3, -0.25) is 13.9 Å². The molecule has 4 aromatic rings. The van der Waals surface area contributed by atoms with Crippen molar-refractivity contribution in [3.63, 3.8) is 0 Å². The molecule has 12 nitrogen and oxygen atoms in total. The Hall–Kier alpha value is -2.51. The molecule has 2 saturated heterocycles. The summed E-state index contributed by atoms with van der Waals surface area (Å²) in [7, 11) is -4.55. The predicted molar refractivity (Wildman–Crippen MR) is 137 cm³/mol. The molecule has 0 amide bonds. The zero-order valence-corrected chi connectivity index (χ0v) is 21.8. The number of rotatable bonds is 4. The highest BCUT2D eigenvalue weighted by atomic mass is 32.2. The minimum atomic E-state index is -4.55. The van der Waals surface area contributed by atoms with Crippen LogP contribution in [0.5, 0.6) is 0 Å². The van der Waals surface area contributed by atoms with E-state index >= 15 is 0 Å². The van der Waals surface area contributed by atoms with E-state index < -0.39 is 32.4 Å². The molecule has 3 aliphatic rings. The van der Waals surface area contributed by atoms with Gasteiger partial charge in [0, 0.05) is 11.4 Å². The van der Waals surface area contributed by atoms with Crippen LogP contribution in [0.4, 0.5) is 0 Å². The van der Waals surface area contributed by atoms with E-state index in [9.17, 15) is 19.4 Å². The maximum atomic E-state index is 13.6. The fourth-order valence-electron chi connectivity index (χ4n) is 5.46. The molecule has 1 aromatic carbocycles. The summed E-state index contributed by atoms with van der Waals surface area (Å²) in [6.45, 7) is -0.270. The van der Waals surface area contributed by atoms with E-state index in [1.54, 1.807) is 10.8 Å². The number of thioether (sulfide) groups is 1. The van der Waals surface area contributed by atoms with Gasteiger partial charge >= 0.3 is 1.43 Å². The van der Waals surface area contributed by atoms with Crippen LogP contribution in [0, 0.1) is 0 Å². The Morgan fingerprint density at radius 2 is 1.97 bits per heavy atom. The molecule has 1 aliphatic carbocycles. The number of phosphoric ester groups is 1. The molecule has 3 unspecified atom stereocenters. The van der Waals surface area contributed by atoms with Crippen molar-refractivity contribution in [2.75, 3.05) is 6.61 Å². The lowest BCUT2D eigenvalue weighted by Crippen LogP contribution is -2.41. The molecule has 2 N–H and O–H groups in total. The summed E-state index contributed by atoms with van der Waals surface area (Å²) in [5.41, 5.74) is 1.62. The molecule has 2 aliphatic heterocycles. The Morgan fingerprint density at radius 1 is 1.18 bits per heavy atom. The highest BCUT2D eigenvalue weighted by molar-refractivity contribution is 7.99. The second kappa shape index (κ2) is 9.30. The second-order valence-corrected chi connectivity index (χ2v) is 12.5. The van der Waals surface area contributed by atoms with Gasteiger partial charge in [0.1, 0.15) is 18.3 Å². The second-order valence-electron chi connectivity index (χ2n) is 9.83. The van der Waals surface area contributed by atoms with Crippen LogP contribution >= 0.6 is 19.6 Å². The zero-order valence-electron chi connectivity index (χ0n) is 21.1. The van der Waals surface area contributed by atoms with Crippen molar-refractivity contribution in [2.45, 2.75) is 67.1 Å². The topological polar surface area (TPSA) is 156 Å². The number of aromatic amines is 1. The number of aliphatic hydroxyl groups is 1. The van der Waals surface area contributed by atoms with Crippen molar-refractivity contribution in [1.29, 1.82) is 0 Å². The van der Waals surface area contributed by atoms with Crippen LogP contribution < -0.4 is 10.5 Å². The van der Waals surface area contributed by atoms with Crippen molar-refractivity contribution >= 4 is 36.5 Å². The Morgan fingerprint density at radius 3 is 2.76 bits per heavy atom. The van der Waals surface area contributed by atoms with Gasteiger partial charge in [-0.1, -0.05) is 61.4 Å². The molecule has 3 aromatic heterocycles. The largest absolute Gasteiger partial charge is 1.00 e. The first-order valence-corrected chi connectivity index (χ1v) is 14.9. The molecular formula is C24H26N5O7PS. The zero-order chi connectivity index (χ0) is 26.0. The van der Waals surface area contributed by atoms with E-state index in [1.807, 2.05) is 30.3 Å². The Kier molecular flexibility index (Phi) is 6.00. The first-order valence-electron chi connectivity index (χ1n) is 12.6. The van der Waals surface area contributed by atoms with E-state index in [2.05, 4.69) is 4.98 Å². The van der Waals surface area contributed by atoms with Gasteiger partial charge in [-0.2, -0.15) is 4.98 Å². The Bertz CT molecular complexity index is 1620. The normalized spacial score (nSPS) is 30.3. The molecule has 1 saturated carbocycles. The molecule has 5 heterocycles. The minimum absolute atomic E-state index is 0. The summed E-state index contributed by atoms with van der Waals surface area (Å²) in [6, 6.07) is 9.57. The molecular weight excluding hydrogens is 533 g/mol. The number of hydrogen-bond donors (Lipinski definition) is 2. The van der Waals surface area contributed by atoms with Gasteiger partial charge in [0.25, 0.3) is 13.4 Å². The lowest BCUT2D eigenvalue weighted by Gasteiger charge is -2.34. The number of nitrogens with zero attached hydrogens (tertiary/aromatic N) is 4. The van der Waals surface area contributed by atoms with Gasteiger partial charge in [-0.05, 0) is 18.4 Å². The molecule has 38 heavy (non-hydrogen) atoms. The summed E-state index contributed by atoms with van der Waals surface area (Å²) in [5.74, 6) is 0.310. The van der Waals surface area contributed by atoms with Gasteiger partial charge < -0.3 is 28.8 Å². The third-order valence-corrected chi connectivity index (χ3v) is 9.61. The lowest BCUT2D eigenvalue weighted by molar-refractivity contribution is -0.245. The predicted octanol–water partition coefficient (Wildman–Crippen LogP) is 2.72. The molecule has 3 fully saturated rings. The van der Waals surface area contributed by atoms with E-state index in [0.717, 1.165) is 31.2 Å². The van der Waals surface area contributed by atoms with E-state index in [0.29, 0.717) is 21.9 Å². The van der Waals surface area contributed by atoms with Crippen LogP contribution in [0.3, 0.4) is 0 Å². The molecule has 7 rings (SSSR count). The number of aromatic nitrogens is 5. The fourth-order valence-corrected chi connectivity index (χ4v) is 7.72. The first kappa shape index (κ1) is 24.5. The first-order chi connectivity index (χ1) is 18.4. The molecule has 5 atom stereocenters. The van der Waals surface area contributed by atoms with E-state index in [1.165, 1.54) is 22.6 Å². The number of aliphatic hydroxyl groups excluding tert-OH is 1. The van der Waals surface area contributed by atoms with Crippen LogP contribution in [0.1, 0.15) is 39.8 Å². The summed E-state index contributed by atoms with van der Waals surface area (Å²) in [5, 5.41) is 11.9. The molecule has 200 valence electrons. The lowest BCUT2D eigenvalue weighted by atomic mass is 10.0. The Labute approximate surface area is 222 Å². The van der Waals surface area contributed by atoms with Gasteiger partial charge in [-0.15, -0.1) is 0 Å². The van der Waals surface area contributed by atoms with Gasteiger partial charge in [0.15, 0.2) is 22.5 Å². The number of phosphoric acid groups is 1. The third-order valence-electron chi connectivity index (χ3n) is 7.34. The van der Waals surface area contributed by atoms with Crippen LogP contribution in [0.25, 0.3) is 28.2 Å². The number of hydrogen-bond acceptors (Lipinski definition) is 10. The molecule has 0 spiro atoms. The van der Waals surface area contributed by atoms with Gasteiger partial charge in [-0.25, -0.2) is 9.38 Å². The highest BCUT2D eigenvalue weighted by Crippen LogP contribution is 2.50. The van der Waals surface area contributed by atoms with Gasteiger partial charge in [0.2, 0.25) is 5.78 Å². The van der Waals surface area contributed by atoms with Crippen LogP contribution in [0.15, 0.2) is 46.5 Å². The average Bonchev–Trinajstić information content (AvgIpc) is 3.59. The number of benzene rings is 1. The van der Waals surface area contributed by atoms with Crippen molar-refractivity contribution in [3.8, 4) is 11.3 Å². The van der Waals surface area contributed by atoms with Crippen molar-refractivity contribution in [3.05, 3.63) is 46.9 Å². The number of H-pyrrole nitrogens is 1. The number of ether oxygens (including phenoxy) is 1. The van der Waals surface area contributed by atoms with Crippen molar-refractivity contribution in [1.82, 2.24) is 23.9 Å². The van der Waals surface area contributed by atoms with E-state index in [-0.39, 0.29) is 24.8 Å². The van der Waals surface area contributed by atoms with E-state index in [4.69, 9.17) is 23.8 Å². The summed E-state index contributed by atoms with van der Waals surface area (Å²) in [6.07, 6.45) is 2.76. The smallest absolute Gasteiger partial charge is 0.756 e. The summed E-state index contributed by atoms with van der Waals surface area (Å²) < 4.78 is 30.9. The fraction of sp³-hybridized carbons (Fsp3) is 0.458. The standard InChI is InChI=1S/C24H26N5O7PS/c30-18-19-16(12-34-37(32,33)36-19)35-22(18)29-20-17(26-24(29)38-14-9-5-2-6-10-14)21(31)28-11-15(25-23(28)27-20)13-7-3-1-4-8-13/h1,3-4,7-8,11,14,16,18-19,22,30H,2,5-6,9-10,12H2,(H,25,27)(H,32,33)/t16?,18?,19-,22-/m1/s1. The quantitative estimate of drug-likeness (QED) is 0.357. The number of imidazole rings is 2. The Balaban J connectivity index is 0.00000277. The van der Waals surface area contributed by atoms with Crippen molar-refractivity contribution < 1.29 is 29.8 Å². The average molecular weight is 560 g/mol. The van der Waals surface area contributed by atoms with Crippen LogP contribution in [-0.2, 0) is 18.3 Å². The monoisotopic (exact) mass is 559 g/mol. The minimum Gasteiger partial charge on any atom is -0.756 e. The number of fused-ring (bicyclic) bond motifs is 3. The summed E-state index contributed by atoms with van der Waals surface area (Å²) in [4.78, 5) is 38.2. The molecule has 14 heteroatoms. The highest BCUT2D eigenvalue weighted by Gasteiger charge is 2.51.